The average molecular weight is 334 g/mol. The van der Waals surface area contributed by atoms with Crippen LogP contribution in [0.4, 0.5) is 0 Å². The van der Waals surface area contributed by atoms with Crippen molar-refractivity contribution in [2.45, 2.75) is 70.2 Å². The zero-order chi connectivity index (χ0) is 17.4. The predicted octanol–water partition coefficient (Wildman–Crippen LogP) is 0.135. The highest BCUT2D eigenvalue weighted by Gasteiger charge is 2.47. The first kappa shape index (κ1) is 19.8. The molecule has 0 unspecified atom stereocenters. The number of methoxy groups -OCH3 is 1. The van der Waals surface area contributed by atoms with Gasteiger partial charge in [0.05, 0.1) is 0 Å². The van der Waals surface area contributed by atoms with Gasteiger partial charge in [0.25, 0.3) is 0 Å². The molecule has 1 rings (SSSR count). The van der Waals surface area contributed by atoms with E-state index in [-0.39, 0.29) is 19.4 Å². The number of hydrogen-bond acceptors (Lipinski definition) is 8. The Hall–Kier alpha value is -1.22. The van der Waals surface area contributed by atoms with E-state index < -0.39 is 42.6 Å². The van der Waals surface area contributed by atoms with E-state index in [1.54, 1.807) is 0 Å². The smallest absolute Gasteiger partial charge is 0.306 e. The number of carbonyl (C=O) groups is 2. The molecule has 5 atom stereocenters. The lowest BCUT2D eigenvalue weighted by molar-refractivity contribution is -0.298. The van der Waals surface area contributed by atoms with Crippen molar-refractivity contribution in [2.75, 3.05) is 13.7 Å². The summed E-state index contributed by atoms with van der Waals surface area (Å²) in [5.74, 6) is -0.925. The molecule has 0 radical (unpaired) electrons. The largest absolute Gasteiger partial charge is 0.463 e. The Morgan fingerprint density at radius 1 is 1.04 bits per heavy atom. The van der Waals surface area contributed by atoms with Crippen molar-refractivity contribution in [3.05, 3.63) is 0 Å². The maximum atomic E-state index is 11.6. The quantitative estimate of drug-likeness (QED) is 0.603. The fourth-order valence-corrected chi connectivity index (χ4v) is 2.22. The van der Waals surface area contributed by atoms with Crippen molar-refractivity contribution in [3.63, 3.8) is 0 Å². The molecule has 2 N–H and O–H groups in total. The van der Waals surface area contributed by atoms with Crippen molar-refractivity contribution in [1.82, 2.24) is 0 Å². The maximum Gasteiger partial charge on any atom is 0.306 e. The summed E-state index contributed by atoms with van der Waals surface area (Å²) in [6.07, 6.45) is -4.23. The number of ether oxygens (including phenoxy) is 4. The molecule has 0 bridgehead atoms. The van der Waals surface area contributed by atoms with Crippen LogP contribution in [0.3, 0.4) is 0 Å². The Kier molecular flexibility index (Phi) is 8.46. The lowest BCUT2D eigenvalue weighted by atomic mass is 9.99. The zero-order valence-electron chi connectivity index (χ0n) is 13.8. The molecule has 8 heteroatoms. The summed E-state index contributed by atoms with van der Waals surface area (Å²) >= 11 is 0. The first-order chi connectivity index (χ1) is 10.9. The molecule has 1 saturated heterocycles. The molecule has 1 fully saturated rings. The van der Waals surface area contributed by atoms with Gasteiger partial charge in [-0.15, -0.1) is 0 Å². The van der Waals surface area contributed by atoms with E-state index in [9.17, 15) is 19.8 Å². The van der Waals surface area contributed by atoms with Crippen LogP contribution in [0, 0.1) is 0 Å². The molecule has 0 amide bonds. The molecule has 1 aliphatic rings. The summed E-state index contributed by atoms with van der Waals surface area (Å²) in [6, 6.07) is 0. The lowest BCUT2D eigenvalue weighted by Crippen LogP contribution is -2.60. The Bertz CT molecular complexity index is 382. The van der Waals surface area contributed by atoms with Crippen LogP contribution in [0.1, 0.15) is 39.5 Å². The molecule has 0 aromatic carbocycles. The standard InChI is InChI=1S/C15H26O8/c1-4-6-10(16)21-8-9-12(18)13(19)14(15(20-3)22-9)23-11(17)7-5-2/h9,12-15,18-19H,4-8H2,1-3H3/t9-,12+,13+,14-,15+/m1/s1. The van der Waals surface area contributed by atoms with Crippen molar-refractivity contribution >= 4 is 11.9 Å². The number of hydrogen-bond donors (Lipinski definition) is 2. The second-order valence-corrected chi connectivity index (χ2v) is 5.40. The molecule has 0 aliphatic carbocycles. The van der Waals surface area contributed by atoms with E-state index in [1.165, 1.54) is 7.11 Å². The topological polar surface area (TPSA) is 112 Å². The van der Waals surface area contributed by atoms with Gasteiger partial charge in [-0.05, 0) is 12.8 Å². The third-order valence-corrected chi connectivity index (χ3v) is 3.46. The van der Waals surface area contributed by atoms with Crippen LogP contribution in [-0.4, -0.2) is 66.6 Å². The molecule has 8 nitrogen and oxygen atoms in total. The molecule has 0 saturated carbocycles. The van der Waals surface area contributed by atoms with E-state index in [0.29, 0.717) is 12.8 Å². The van der Waals surface area contributed by atoms with Crippen LogP contribution in [-0.2, 0) is 28.5 Å². The third-order valence-electron chi connectivity index (χ3n) is 3.46. The van der Waals surface area contributed by atoms with Crippen molar-refractivity contribution in [1.29, 1.82) is 0 Å². The Labute approximate surface area is 135 Å². The molecular weight excluding hydrogens is 308 g/mol. The summed E-state index contributed by atoms with van der Waals surface area (Å²) in [4.78, 5) is 23.0. The SMILES string of the molecule is CCCC(=O)OC[C@H]1O[C@H](OC)[C@H](OC(=O)CCC)[C@@H](O)[C@H]1O. The Balaban J connectivity index is 2.65. The van der Waals surface area contributed by atoms with Crippen LogP contribution in [0.15, 0.2) is 0 Å². The summed E-state index contributed by atoms with van der Waals surface area (Å²) in [5.41, 5.74) is 0. The van der Waals surface area contributed by atoms with E-state index in [2.05, 4.69) is 0 Å². The summed E-state index contributed by atoms with van der Waals surface area (Å²) in [6.45, 7) is 3.44. The van der Waals surface area contributed by atoms with Gasteiger partial charge in [0.15, 0.2) is 12.4 Å². The highest BCUT2D eigenvalue weighted by Crippen LogP contribution is 2.25. The molecule has 0 aromatic heterocycles. The van der Waals surface area contributed by atoms with Crippen molar-refractivity contribution in [2.24, 2.45) is 0 Å². The predicted molar refractivity (Wildman–Crippen MR) is 78.3 cm³/mol. The molecule has 134 valence electrons. The third kappa shape index (κ3) is 5.72. The number of esters is 2. The lowest BCUT2D eigenvalue weighted by Gasteiger charge is -2.41. The van der Waals surface area contributed by atoms with Gasteiger partial charge in [0.2, 0.25) is 0 Å². The second-order valence-electron chi connectivity index (χ2n) is 5.40. The van der Waals surface area contributed by atoms with Gasteiger partial charge in [-0.25, -0.2) is 0 Å². The van der Waals surface area contributed by atoms with Gasteiger partial charge in [0, 0.05) is 20.0 Å². The Morgan fingerprint density at radius 2 is 1.65 bits per heavy atom. The number of carbonyl (C=O) groups excluding carboxylic acids is 2. The second kappa shape index (κ2) is 9.82. The van der Waals surface area contributed by atoms with E-state index >= 15 is 0 Å². The van der Waals surface area contributed by atoms with Crippen molar-refractivity contribution < 1.29 is 38.7 Å². The van der Waals surface area contributed by atoms with Crippen LogP contribution >= 0.6 is 0 Å². The number of aliphatic hydroxyl groups excluding tert-OH is 2. The minimum atomic E-state index is -1.40. The van der Waals surface area contributed by atoms with Crippen LogP contribution in [0.25, 0.3) is 0 Å². The highest BCUT2D eigenvalue weighted by molar-refractivity contribution is 5.69. The van der Waals surface area contributed by atoms with Gasteiger partial charge >= 0.3 is 11.9 Å². The van der Waals surface area contributed by atoms with Gasteiger partial charge in [-0.3, -0.25) is 9.59 Å². The van der Waals surface area contributed by atoms with Crippen LogP contribution in [0.5, 0.6) is 0 Å². The summed E-state index contributed by atoms with van der Waals surface area (Å²) in [5, 5.41) is 20.3. The summed E-state index contributed by atoms with van der Waals surface area (Å²) in [7, 11) is 1.33. The van der Waals surface area contributed by atoms with Crippen LogP contribution in [0.2, 0.25) is 0 Å². The highest BCUT2D eigenvalue weighted by atomic mass is 16.7. The molecular formula is C15H26O8. The van der Waals surface area contributed by atoms with Gasteiger partial charge < -0.3 is 29.2 Å². The maximum absolute atomic E-state index is 11.6. The summed E-state index contributed by atoms with van der Waals surface area (Å²) < 4.78 is 20.6. The first-order valence-electron chi connectivity index (χ1n) is 7.84. The molecule has 1 aliphatic heterocycles. The fraction of sp³-hybridized carbons (Fsp3) is 0.867. The molecule has 0 spiro atoms. The first-order valence-corrected chi connectivity index (χ1v) is 7.84. The number of aliphatic hydroxyl groups is 2. The van der Waals surface area contributed by atoms with E-state index in [4.69, 9.17) is 18.9 Å². The minimum Gasteiger partial charge on any atom is -0.463 e. The normalized spacial score (nSPS) is 30.7. The molecule has 0 aromatic rings. The minimum absolute atomic E-state index is 0.188. The van der Waals surface area contributed by atoms with Gasteiger partial charge in [-0.2, -0.15) is 0 Å². The van der Waals surface area contributed by atoms with Crippen molar-refractivity contribution in [3.8, 4) is 0 Å². The zero-order valence-corrected chi connectivity index (χ0v) is 13.8. The number of rotatable bonds is 8. The average Bonchev–Trinajstić information content (AvgIpc) is 2.51. The monoisotopic (exact) mass is 334 g/mol. The fourth-order valence-electron chi connectivity index (χ4n) is 2.22. The van der Waals surface area contributed by atoms with E-state index in [1.807, 2.05) is 13.8 Å². The van der Waals surface area contributed by atoms with Gasteiger partial charge in [-0.1, -0.05) is 13.8 Å². The van der Waals surface area contributed by atoms with Crippen LogP contribution < -0.4 is 0 Å². The molecule has 23 heavy (non-hydrogen) atoms. The molecule has 1 heterocycles. The van der Waals surface area contributed by atoms with Gasteiger partial charge in [0.1, 0.15) is 24.9 Å². The Morgan fingerprint density at radius 3 is 2.22 bits per heavy atom. The van der Waals surface area contributed by atoms with E-state index in [0.717, 1.165) is 0 Å².